The van der Waals surface area contributed by atoms with Gasteiger partial charge in [0, 0.05) is 12.5 Å². The molecule has 0 saturated heterocycles. The Labute approximate surface area is 93.8 Å². The summed E-state index contributed by atoms with van der Waals surface area (Å²) in [6.45, 7) is 3.88. The topological polar surface area (TPSA) is 55.8 Å². The van der Waals surface area contributed by atoms with Crippen LogP contribution in [0.5, 0.6) is 11.5 Å². The normalized spacial score (nSPS) is 18.1. The van der Waals surface area contributed by atoms with E-state index in [1.165, 1.54) is 0 Å². The SMILES string of the molecule is CC(C)Oc1ccc2c(c1)OC(C(=O)O)C2. The zero-order valence-electron chi connectivity index (χ0n) is 9.27. The van der Waals surface area contributed by atoms with Crippen molar-refractivity contribution in [2.75, 3.05) is 0 Å². The Bertz CT molecular complexity index is 411. The maximum Gasteiger partial charge on any atom is 0.345 e. The zero-order valence-corrected chi connectivity index (χ0v) is 9.27. The highest BCUT2D eigenvalue weighted by Gasteiger charge is 2.28. The van der Waals surface area contributed by atoms with Crippen LogP contribution in [0.25, 0.3) is 0 Å². The molecule has 1 N–H and O–H groups in total. The van der Waals surface area contributed by atoms with Gasteiger partial charge in [-0.2, -0.15) is 0 Å². The molecule has 1 atom stereocenters. The van der Waals surface area contributed by atoms with Gasteiger partial charge in [0.25, 0.3) is 0 Å². The fraction of sp³-hybridized carbons (Fsp3) is 0.417. The van der Waals surface area contributed by atoms with E-state index in [-0.39, 0.29) is 6.10 Å². The van der Waals surface area contributed by atoms with Crippen LogP contribution in [0.3, 0.4) is 0 Å². The lowest BCUT2D eigenvalue weighted by molar-refractivity contribution is -0.144. The van der Waals surface area contributed by atoms with Crippen molar-refractivity contribution in [2.24, 2.45) is 0 Å². The summed E-state index contributed by atoms with van der Waals surface area (Å²) in [4.78, 5) is 10.8. The van der Waals surface area contributed by atoms with Crippen molar-refractivity contribution in [2.45, 2.75) is 32.5 Å². The molecule has 1 unspecified atom stereocenters. The molecule has 1 aromatic carbocycles. The monoisotopic (exact) mass is 222 g/mol. The van der Waals surface area contributed by atoms with Gasteiger partial charge in [-0.3, -0.25) is 0 Å². The number of ether oxygens (including phenoxy) is 2. The maximum absolute atomic E-state index is 10.8. The molecule has 16 heavy (non-hydrogen) atoms. The number of carboxylic acids is 1. The second kappa shape index (κ2) is 4.04. The molecule has 1 aliphatic rings. The Morgan fingerprint density at radius 2 is 2.31 bits per heavy atom. The quantitative estimate of drug-likeness (QED) is 0.848. The van der Waals surface area contributed by atoms with Crippen molar-refractivity contribution >= 4 is 5.97 Å². The van der Waals surface area contributed by atoms with Crippen molar-refractivity contribution in [3.63, 3.8) is 0 Å². The lowest BCUT2D eigenvalue weighted by Gasteiger charge is -2.10. The Balaban J connectivity index is 2.17. The van der Waals surface area contributed by atoms with Crippen molar-refractivity contribution in [3.8, 4) is 11.5 Å². The van der Waals surface area contributed by atoms with Crippen LogP contribution < -0.4 is 9.47 Å². The summed E-state index contributed by atoms with van der Waals surface area (Å²) in [7, 11) is 0. The van der Waals surface area contributed by atoms with E-state index < -0.39 is 12.1 Å². The summed E-state index contributed by atoms with van der Waals surface area (Å²) in [6, 6.07) is 5.45. The third kappa shape index (κ3) is 2.10. The second-order valence-electron chi connectivity index (χ2n) is 4.08. The molecular formula is C12H14O4. The minimum absolute atomic E-state index is 0.0923. The largest absolute Gasteiger partial charge is 0.491 e. The summed E-state index contributed by atoms with van der Waals surface area (Å²) >= 11 is 0. The number of carbonyl (C=O) groups is 1. The van der Waals surface area contributed by atoms with Crippen LogP contribution in [0.15, 0.2) is 18.2 Å². The molecule has 0 saturated carbocycles. The standard InChI is InChI=1S/C12H14O4/c1-7(2)15-9-4-3-8-5-11(12(13)14)16-10(8)6-9/h3-4,6-7,11H,5H2,1-2H3,(H,13,14). The number of benzene rings is 1. The predicted octanol–water partition coefficient (Wildman–Crippen LogP) is 1.86. The molecule has 0 fully saturated rings. The van der Waals surface area contributed by atoms with Crippen LogP contribution in [-0.4, -0.2) is 23.3 Å². The third-order valence-corrected chi connectivity index (χ3v) is 2.36. The highest BCUT2D eigenvalue weighted by Crippen LogP contribution is 2.32. The summed E-state index contributed by atoms with van der Waals surface area (Å²) in [5.41, 5.74) is 0.920. The van der Waals surface area contributed by atoms with Gasteiger partial charge in [-0.1, -0.05) is 6.07 Å². The number of hydrogen-bond donors (Lipinski definition) is 1. The molecule has 1 heterocycles. The van der Waals surface area contributed by atoms with Crippen molar-refractivity contribution in [3.05, 3.63) is 23.8 Å². The van der Waals surface area contributed by atoms with E-state index in [4.69, 9.17) is 14.6 Å². The third-order valence-electron chi connectivity index (χ3n) is 2.36. The lowest BCUT2D eigenvalue weighted by atomic mass is 10.1. The van der Waals surface area contributed by atoms with E-state index in [2.05, 4.69) is 0 Å². The minimum atomic E-state index is -0.928. The summed E-state index contributed by atoms with van der Waals surface area (Å²) < 4.78 is 10.8. The van der Waals surface area contributed by atoms with Crippen LogP contribution >= 0.6 is 0 Å². The van der Waals surface area contributed by atoms with E-state index in [9.17, 15) is 4.79 Å². The lowest BCUT2D eigenvalue weighted by Crippen LogP contribution is -2.24. The van der Waals surface area contributed by atoms with Crippen molar-refractivity contribution in [1.82, 2.24) is 0 Å². The summed E-state index contributed by atoms with van der Waals surface area (Å²) in [6.07, 6.45) is -0.244. The fourth-order valence-electron chi connectivity index (χ4n) is 1.69. The van der Waals surface area contributed by atoms with Gasteiger partial charge in [0.1, 0.15) is 11.5 Å². The van der Waals surface area contributed by atoms with E-state index in [1.54, 1.807) is 6.07 Å². The highest BCUT2D eigenvalue weighted by molar-refractivity contribution is 5.74. The first-order chi connectivity index (χ1) is 7.56. The van der Waals surface area contributed by atoms with Crippen LogP contribution in [0.2, 0.25) is 0 Å². The van der Waals surface area contributed by atoms with E-state index >= 15 is 0 Å². The van der Waals surface area contributed by atoms with Crippen molar-refractivity contribution < 1.29 is 19.4 Å². The van der Waals surface area contributed by atoms with E-state index in [0.717, 1.165) is 5.56 Å². The van der Waals surface area contributed by atoms with Gasteiger partial charge < -0.3 is 14.6 Å². The van der Waals surface area contributed by atoms with Gasteiger partial charge in [-0.15, -0.1) is 0 Å². The van der Waals surface area contributed by atoms with Gasteiger partial charge in [0.05, 0.1) is 6.10 Å². The van der Waals surface area contributed by atoms with E-state index in [1.807, 2.05) is 26.0 Å². The minimum Gasteiger partial charge on any atom is -0.491 e. The Morgan fingerprint density at radius 3 is 2.94 bits per heavy atom. The Morgan fingerprint density at radius 1 is 1.56 bits per heavy atom. The van der Waals surface area contributed by atoms with Crippen LogP contribution in [0.1, 0.15) is 19.4 Å². The number of aliphatic carboxylic acids is 1. The van der Waals surface area contributed by atoms with Crippen LogP contribution in [0.4, 0.5) is 0 Å². The van der Waals surface area contributed by atoms with Crippen molar-refractivity contribution in [1.29, 1.82) is 0 Å². The molecule has 0 aliphatic carbocycles. The number of carboxylic acid groups (broad SMARTS) is 1. The molecular weight excluding hydrogens is 208 g/mol. The number of hydrogen-bond acceptors (Lipinski definition) is 3. The number of fused-ring (bicyclic) bond motifs is 1. The molecule has 86 valence electrons. The molecule has 2 rings (SSSR count). The number of rotatable bonds is 3. The first-order valence-corrected chi connectivity index (χ1v) is 5.25. The Hall–Kier alpha value is -1.71. The molecule has 4 heteroatoms. The van der Waals surface area contributed by atoms with Gasteiger partial charge in [-0.25, -0.2) is 4.79 Å². The van der Waals surface area contributed by atoms with E-state index in [0.29, 0.717) is 17.9 Å². The molecule has 0 spiro atoms. The molecule has 0 bridgehead atoms. The average Bonchev–Trinajstić information content (AvgIpc) is 2.59. The zero-order chi connectivity index (χ0) is 11.7. The molecule has 1 aliphatic heterocycles. The fourth-order valence-corrected chi connectivity index (χ4v) is 1.69. The smallest absolute Gasteiger partial charge is 0.345 e. The maximum atomic E-state index is 10.8. The van der Waals surface area contributed by atoms with Gasteiger partial charge in [0.2, 0.25) is 0 Å². The first kappa shape index (κ1) is 10.8. The van der Waals surface area contributed by atoms with Crippen LogP contribution in [-0.2, 0) is 11.2 Å². The first-order valence-electron chi connectivity index (χ1n) is 5.25. The Kier molecular flexibility index (Phi) is 2.73. The molecule has 0 radical (unpaired) electrons. The molecule has 1 aromatic rings. The summed E-state index contributed by atoms with van der Waals surface area (Å²) in [5.74, 6) is 0.396. The summed E-state index contributed by atoms with van der Waals surface area (Å²) in [5, 5.41) is 8.84. The molecule has 0 amide bonds. The van der Waals surface area contributed by atoms with Gasteiger partial charge in [-0.05, 0) is 25.5 Å². The molecule has 4 nitrogen and oxygen atoms in total. The van der Waals surface area contributed by atoms with Crippen LogP contribution in [0, 0.1) is 0 Å². The molecule has 0 aromatic heterocycles. The van der Waals surface area contributed by atoms with Gasteiger partial charge in [0.15, 0.2) is 6.10 Å². The highest BCUT2D eigenvalue weighted by atomic mass is 16.5. The second-order valence-corrected chi connectivity index (χ2v) is 4.08. The average molecular weight is 222 g/mol. The van der Waals surface area contributed by atoms with Gasteiger partial charge >= 0.3 is 5.97 Å². The predicted molar refractivity (Wildman–Crippen MR) is 58.0 cm³/mol.